The van der Waals surface area contributed by atoms with Crippen molar-refractivity contribution >= 4 is 34.4 Å². The quantitative estimate of drug-likeness (QED) is 0.378. The summed E-state index contributed by atoms with van der Waals surface area (Å²) < 4.78 is 0. The topological polar surface area (TPSA) is 123 Å². The van der Waals surface area contributed by atoms with E-state index in [1.807, 2.05) is 23.1 Å². The van der Waals surface area contributed by atoms with E-state index in [9.17, 15) is 19.5 Å². The largest absolute Gasteiger partial charge is 0.480 e. The van der Waals surface area contributed by atoms with Crippen LogP contribution in [-0.2, 0) is 20.8 Å². The van der Waals surface area contributed by atoms with Crippen molar-refractivity contribution in [3.8, 4) is 0 Å². The Balaban J connectivity index is 1.50. The summed E-state index contributed by atoms with van der Waals surface area (Å²) in [5.41, 5.74) is 3.17. The molecule has 1 atom stereocenters. The Kier molecular flexibility index (Phi) is 7.08. The maximum absolute atomic E-state index is 12.3. The van der Waals surface area contributed by atoms with E-state index in [4.69, 9.17) is 5.11 Å². The van der Waals surface area contributed by atoms with Gasteiger partial charge in [-0.25, -0.2) is 4.79 Å². The first-order chi connectivity index (χ1) is 16.4. The Bertz CT molecular complexity index is 1210. The number of likely N-dealkylation sites (tertiary alicyclic amines) is 1. The first-order valence-electron chi connectivity index (χ1n) is 11.2. The molecule has 1 aromatic heterocycles. The SMILES string of the molecule is O=C(O)/C=C/C(=O)Nc1ccc2[nH]cc(C(C(=O)O)N3CCC(Cc4ccccc4)CC3)c2c1. The van der Waals surface area contributed by atoms with Crippen molar-refractivity contribution in [1.29, 1.82) is 0 Å². The zero-order chi connectivity index (χ0) is 24.1. The van der Waals surface area contributed by atoms with Crippen LogP contribution in [0.1, 0.15) is 30.0 Å². The maximum atomic E-state index is 12.3. The number of carbonyl (C=O) groups excluding carboxylic acids is 1. The van der Waals surface area contributed by atoms with E-state index in [2.05, 4.69) is 22.4 Å². The third-order valence-electron chi connectivity index (χ3n) is 6.27. The van der Waals surface area contributed by atoms with Crippen molar-refractivity contribution < 1.29 is 24.6 Å². The Morgan fingerprint density at radius 2 is 1.79 bits per heavy atom. The van der Waals surface area contributed by atoms with Gasteiger partial charge in [-0.15, -0.1) is 0 Å². The number of nitrogens with one attached hydrogen (secondary N) is 2. The van der Waals surface area contributed by atoms with Gasteiger partial charge in [0.15, 0.2) is 0 Å². The summed E-state index contributed by atoms with van der Waals surface area (Å²) in [5.74, 6) is -2.18. The van der Waals surface area contributed by atoms with Crippen LogP contribution in [0.4, 0.5) is 5.69 Å². The summed E-state index contributed by atoms with van der Waals surface area (Å²) in [7, 11) is 0. The highest BCUT2D eigenvalue weighted by molar-refractivity contribution is 6.03. The summed E-state index contributed by atoms with van der Waals surface area (Å²) in [6.45, 7) is 1.38. The monoisotopic (exact) mass is 461 g/mol. The van der Waals surface area contributed by atoms with Gasteiger partial charge in [-0.1, -0.05) is 30.3 Å². The zero-order valence-electron chi connectivity index (χ0n) is 18.6. The predicted molar refractivity (Wildman–Crippen MR) is 129 cm³/mol. The molecule has 1 saturated heterocycles. The van der Waals surface area contributed by atoms with Crippen LogP contribution >= 0.6 is 0 Å². The second-order valence-electron chi connectivity index (χ2n) is 8.58. The number of H-pyrrole nitrogens is 1. The maximum Gasteiger partial charge on any atom is 0.328 e. The number of benzene rings is 2. The van der Waals surface area contributed by atoms with Crippen LogP contribution in [0.5, 0.6) is 0 Å². The number of fused-ring (bicyclic) bond motifs is 1. The minimum absolute atomic E-state index is 0.457. The molecule has 2 aromatic carbocycles. The van der Waals surface area contributed by atoms with Crippen molar-refractivity contribution in [3.05, 3.63) is 78.0 Å². The number of rotatable bonds is 8. The van der Waals surface area contributed by atoms with Gasteiger partial charge >= 0.3 is 11.9 Å². The highest BCUT2D eigenvalue weighted by atomic mass is 16.4. The minimum atomic E-state index is -1.21. The normalized spacial score (nSPS) is 16.0. The summed E-state index contributed by atoms with van der Waals surface area (Å²) in [6, 6.07) is 14.7. The van der Waals surface area contributed by atoms with Crippen LogP contribution in [0.15, 0.2) is 66.9 Å². The molecule has 1 aliphatic heterocycles. The molecule has 0 spiro atoms. The smallest absolute Gasteiger partial charge is 0.328 e. The number of aromatic nitrogens is 1. The molecule has 1 unspecified atom stereocenters. The molecule has 8 heteroatoms. The lowest BCUT2D eigenvalue weighted by atomic mass is 9.89. The van der Waals surface area contributed by atoms with E-state index in [1.54, 1.807) is 24.4 Å². The molecule has 176 valence electrons. The molecule has 4 rings (SSSR count). The number of carbonyl (C=O) groups is 3. The lowest BCUT2D eigenvalue weighted by Gasteiger charge is -2.35. The van der Waals surface area contributed by atoms with E-state index >= 15 is 0 Å². The number of amides is 1. The molecular weight excluding hydrogens is 434 g/mol. The second kappa shape index (κ2) is 10.4. The zero-order valence-corrected chi connectivity index (χ0v) is 18.6. The van der Waals surface area contributed by atoms with Gasteiger partial charge in [0.2, 0.25) is 5.91 Å². The fourth-order valence-corrected chi connectivity index (χ4v) is 4.63. The van der Waals surface area contributed by atoms with Crippen LogP contribution < -0.4 is 5.32 Å². The number of carboxylic acid groups (broad SMARTS) is 2. The van der Waals surface area contributed by atoms with Gasteiger partial charge in [0.05, 0.1) is 0 Å². The number of anilines is 1. The Morgan fingerprint density at radius 1 is 1.06 bits per heavy atom. The Hall–Kier alpha value is -3.91. The molecule has 0 saturated carbocycles. The standard InChI is InChI=1S/C26H27N3O5/c30-23(8-9-24(31)32)28-19-6-7-22-20(15-19)21(16-27-22)25(26(33)34)29-12-10-18(11-13-29)14-17-4-2-1-3-5-17/h1-9,15-16,18,25,27H,10-14H2,(H,28,30)(H,31,32)(H,33,34)/b9-8+. The molecule has 2 heterocycles. The van der Waals surface area contributed by atoms with Crippen molar-refractivity contribution in [2.24, 2.45) is 5.92 Å². The van der Waals surface area contributed by atoms with Crippen molar-refractivity contribution in [2.45, 2.75) is 25.3 Å². The first-order valence-corrected chi connectivity index (χ1v) is 11.2. The van der Waals surface area contributed by atoms with E-state index in [-0.39, 0.29) is 0 Å². The summed E-state index contributed by atoms with van der Waals surface area (Å²) in [6.07, 6.45) is 6.27. The number of nitrogens with zero attached hydrogens (tertiary/aromatic N) is 1. The minimum Gasteiger partial charge on any atom is -0.480 e. The van der Waals surface area contributed by atoms with Gasteiger partial charge in [-0.2, -0.15) is 0 Å². The Labute approximate surface area is 196 Å². The lowest BCUT2D eigenvalue weighted by Crippen LogP contribution is -2.40. The van der Waals surface area contributed by atoms with Gasteiger partial charge in [-0.05, 0) is 62.0 Å². The molecule has 0 aliphatic carbocycles. The molecule has 1 amide bonds. The Morgan fingerprint density at radius 3 is 2.47 bits per heavy atom. The number of piperidine rings is 1. The molecule has 3 aromatic rings. The molecule has 4 N–H and O–H groups in total. The van der Waals surface area contributed by atoms with Crippen LogP contribution in [0.25, 0.3) is 10.9 Å². The molecule has 34 heavy (non-hydrogen) atoms. The van der Waals surface area contributed by atoms with Gasteiger partial charge in [0, 0.05) is 40.5 Å². The molecule has 8 nitrogen and oxygen atoms in total. The van der Waals surface area contributed by atoms with Crippen LogP contribution in [0.3, 0.4) is 0 Å². The highest BCUT2D eigenvalue weighted by Gasteiger charge is 2.32. The van der Waals surface area contributed by atoms with E-state index in [0.29, 0.717) is 35.6 Å². The lowest BCUT2D eigenvalue weighted by molar-refractivity contribution is -0.144. The van der Waals surface area contributed by atoms with Gasteiger partial charge < -0.3 is 20.5 Å². The van der Waals surface area contributed by atoms with Crippen LogP contribution in [-0.4, -0.2) is 51.0 Å². The van der Waals surface area contributed by atoms with Crippen molar-refractivity contribution in [2.75, 3.05) is 18.4 Å². The van der Waals surface area contributed by atoms with E-state index < -0.39 is 23.9 Å². The van der Waals surface area contributed by atoms with E-state index in [1.165, 1.54) is 5.56 Å². The van der Waals surface area contributed by atoms with Gasteiger partial charge in [-0.3, -0.25) is 14.5 Å². The summed E-state index contributed by atoms with van der Waals surface area (Å²) >= 11 is 0. The second-order valence-corrected chi connectivity index (χ2v) is 8.58. The number of aromatic amines is 1. The van der Waals surface area contributed by atoms with Crippen LogP contribution in [0, 0.1) is 5.92 Å². The predicted octanol–water partition coefficient (Wildman–Crippen LogP) is 3.83. The highest BCUT2D eigenvalue weighted by Crippen LogP contribution is 2.33. The third-order valence-corrected chi connectivity index (χ3v) is 6.27. The number of hydrogen-bond acceptors (Lipinski definition) is 4. The average Bonchev–Trinajstić information content (AvgIpc) is 3.22. The van der Waals surface area contributed by atoms with Gasteiger partial charge in [0.1, 0.15) is 6.04 Å². The molecule has 1 fully saturated rings. The fraction of sp³-hybridized carbons (Fsp3) is 0.269. The number of hydrogen-bond donors (Lipinski definition) is 4. The fourth-order valence-electron chi connectivity index (χ4n) is 4.63. The summed E-state index contributed by atoms with van der Waals surface area (Å²) in [4.78, 5) is 40.0. The number of aliphatic carboxylic acids is 2. The molecule has 1 aliphatic rings. The van der Waals surface area contributed by atoms with Gasteiger partial charge in [0.25, 0.3) is 0 Å². The molecule has 0 bridgehead atoms. The first kappa shape index (κ1) is 23.3. The molecular formula is C26H27N3O5. The average molecular weight is 462 g/mol. The van der Waals surface area contributed by atoms with E-state index in [0.717, 1.165) is 36.9 Å². The molecule has 0 radical (unpaired) electrons. The van der Waals surface area contributed by atoms with Crippen molar-refractivity contribution in [3.63, 3.8) is 0 Å². The van der Waals surface area contributed by atoms with Crippen molar-refractivity contribution in [1.82, 2.24) is 9.88 Å². The van der Waals surface area contributed by atoms with Crippen LogP contribution in [0.2, 0.25) is 0 Å². The number of carboxylic acids is 2. The third kappa shape index (κ3) is 5.52. The summed E-state index contributed by atoms with van der Waals surface area (Å²) in [5, 5.41) is 22.1.